The van der Waals surface area contributed by atoms with Crippen molar-refractivity contribution >= 4 is 11.3 Å². The van der Waals surface area contributed by atoms with Crippen LogP contribution in [0.1, 0.15) is 25.3 Å². The van der Waals surface area contributed by atoms with Crippen molar-refractivity contribution in [1.82, 2.24) is 10.3 Å². The van der Waals surface area contributed by atoms with Crippen LogP contribution in [0.4, 0.5) is 0 Å². The molecule has 68 valence electrons. The number of thiazole rings is 1. The molecule has 0 aromatic carbocycles. The third kappa shape index (κ3) is 3.83. The van der Waals surface area contributed by atoms with Gasteiger partial charge >= 0.3 is 0 Å². The zero-order chi connectivity index (χ0) is 8.81. The molecule has 0 saturated heterocycles. The van der Waals surface area contributed by atoms with E-state index in [4.69, 9.17) is 0 Å². The lowest BCUT2D eigenvalue weighted by molar-refractivity contribution is 0.570. The lowest BCUT2D eigenvalue weighted by atomic mass is 10.3. The molecule has 0 radical (unpaired) electrons. The second-order valence-electron chi connectivity index (χ2n) is 3.14. The van der Waals surface area contributed by atoms with Crippen LogP contribution in [0.15, 0.2) is 11.6 Å². The van der Waals surface area contributed by atoms with Crippen molar-refractivity contribution in [2.24, 2.45) is 0 Å². The fourth-order valence-electron chi connectivity index (χ4n) is 1.01. The van der Waals surface area contributed by atoms with Gasteiger partial charge in [0, 0.05) is 24.0 Å². The van der Waals surface area contributed by atoms with E-state index in [1.807, 2.05) is 11.6 Å². The van der Waals surface area contributed by atoms with Crippen LogP contribution in [0, 0.1) is 0 Å². The molecule has 0 atom stereocenters. The fraction of sp³-hybridized carbons (Fsp3) is 0.667. The quantitative estimate of drug-likeness (QED) is 0.709. The standard InChI is InChI=1S/C9H16N2S/c1-8(2)10-5-3-4-9-11-6-7-12-9/h6-8,10H,3-5H2,1-2H3. The van der Waals surface area contributed by atoms with E-state index in [9.17, 15) is 0 Å². The van der Waals surface area contributed by atoms with Crippen LogP contribution in [-0.2, 0) is 6.42 Å². The van der Waals surface area contributed by atoms with Crippen molar-refractivity contribution in [2.75, 3.05) is 6.54 Å². The average molecular weight is 184 g/mol. The lowest BCUT2D eigenvalue weighted by Gasteiger charge is -2.05. The molecule has 0 spiro atoms. The Hall–Kier alpha value is -0.410. The normalized spacial score (nSPS) is 10.9. The molecule has 1 N–H and O–H groups in total. The van der Waals surface area contributed by atoms with Crippen molar-refractivity contribution in [3.63, 3.8) is 0 Å². The summed E-state index contributed by atoms with van der Waals surface area (Å²) in [5, 5.41) is 6.67. The van der Waals surface area contributed by atoms with Gasteiger partial charge in [0.2, 0.25) is 0 Å². The van der Waals surface area contributed by atoms with Gasteiger partial charge in [-0.1, -0.05) is 13.8 Å². The Kier molecular flexibility index (Phi) is 4.25. The van der Waals surface area contributed by atoms with Crippen molar-refractivity contribution < 1.29 is 0 Å². The number of hydrogen-bond acceptors (Lipinski definition) is 3. The molecular formula is C9H16N2S. The molecule has 0 aliphatic carbocycles. The van der Waals surface area contributed by atoms with E-state index < -0.39 is 0 Å². The predicted octanol–water partition coefficient (Wildman–Crippen LogP) is 2.07. The van der Waals surface area contributed by atoms with Gasteiger partial charge in [-0.2, -0.15) is 0 Å². The minimum Gasteiger partial charge on any atom is -0.315 e. The van der Waals surface area contributed by atoms with E-state index in [1.54, 1.807) is 11.3 Å². The lowest BCUT2D eigenvalue weighted by Crippen LogP contribution is -2.23. The van der Waals surface area contributed by atoms with Gasteiger partial charge in [0.05, 0.1) is 5.01 Å². The number of aromatic nitrogens is 1. The molecule has 0 aliphatic rings. The van der Waals surface area contributed by atoms with Gasteiger partial charge in [-0.25, -0.2) is 4.98 Å². The molecule has 0 aliphatic heterocycles. The first-order valence-corrected chi connectivity index (χ1v) is 5.29. The molecular weight excluding hydrogens is 168 g/mol. The smallest absolute Gasteiger partial charge is 0.0925 e. The number of nitrogens with one attached hydrogen (secondary N) is 1. The Balaban J connectivity index is 2.04. The maximum absolute atomic E-state index is 4.22. The van der Waals surface area contributed by atoms with E-state index in [-0.39, 0.29) is 0 Å². The van der Waals surface area contributed by atoms with Gasteiger partial charge in [-0.15, -0.1) is 11.3 Å². The highest BCUT2D eigenvalue weighted by Crippen LogP contribution is 2.05. The number of aryl methyl sites for hydroxylation is 1. The Morgan fingerprint density at radius 2 is 2.42 bits per heavy atom. The minimum atomic E-state index is 0.598. The Morgan fingerprint density at radius 3 is 3.00 bits per heavy atom. The maximum Gasteiger partial charge on any atom is 0.0925 e. The van der Waals surface area contributed by atoms with Crippen LogP contribution in [-0.4, -0.2) is 17.6 Å². The zero-order valence-electron chi connectivity index (χ0n) is 7.71. The minimum absolute atomic E-state index is 0.598. The summed E-state index contributed by atoms with van der Waals surface area (Å²) in [6.45, 7) is 5.43. The summed E-state index contributed by atoms with van der Waals surface area (Å²) in [4.78, 5) is 4.22. The monoisotopic (exact) mass is 184 g/mol. The third-order valence-corrected chi connectivity index (χ3v) is 2.44. The van der Waals surface area contributed by atoms with Crippen molar-refractivity contribution in [3.8, 4) is 0 Å². The summed E-state index contributed by atoms with van der Waals surface area (Å²) in [6, 6.07) is 0.598. The van der Waals surface area contributed by atoms with E-state index in [1.165, 1.54) is 11.4 Å². The topological polar surface area (TPSA) is 24.9 Å². The highest BCUT2D eigenvalue weighted by Gasteiger charge is 1.95. The molecule has 0 saturated carbocycles. The summed E-state index contributed by atoms with van der Waals surface area (Å²) >= 11 is 1.74. The Morgan fingerprint density at radius 1 is 1.58 bits per heavy atom. The number of hydrogen-bond donors (Lipinski definition) is 1. The number of nitrogens with zero attached hydrogens (tertiary/aromatic N) is 1. The van der Waals surface area contributed by atoms with Gasteiger partial charge < -0.3 is 5.32 Å². The summed E-state index contributed by atoms with van der Waals surface area (Å²) in [6.07, 6.45) is 4.17. The van der Waals surface area contributed by atoms with Gasteiger partial charge in [-0.05, 0) is 13.0 Å². The van der Waals surface area contributed by atoms with Crippen LogP contribution < -0.4 is 5.32 Å². The van der Waals surface area contributed by atoms with Crippen molar-refractivity contribution in [1.29, 1.82) is 0 Å². The molecule has 1 aromatic rings. The maximum atomic E-state index is 4.22. The third-order valence-electron chi connectivity index (χ3n) is 1.60. The van der Waals surface area contributed by atoms with Crippen molar-refractivity contribution in [3.05, 3.63) is 16.6 Å². The van der Waals surface area contributed by atoms with Gasteiger partial charge in [0.1, 0.15) is 0 Å². The largest absolute Gasteiger partial charge is 0.315 e. The number of rotatable bonds is 5. The SMILES string of the molecule is CC(C)NCCCc1nccs1. The van der Waals surface area contributed by atoms with Crippen LogP contribution in [0.25, 0.3) is 0 Å². The highest BCUT2D eigenvalue weighted by molar-refractivity contribution is 7.09. The second kappa shape index (κ2) is 5.27. The van der Waals surface area contributed by atoms with Gasteiger partial charge in [-0.3, -0.25) is 0 Å². The second-order valence-corrected chi connectivity index (χ2v) is 4.12. The van der Waals surface area contributed by atoms with Gasteiger partial charge in [0.25, 0.3) is 0 Å². The molecule has 2 nitrogen and oxygen atoms in total. The molecule has 1 heterocycles. The molecule has 0 amide bonds. The summed E-state index contributed by atoms with van der Waals surface area (Å²) < 4.78 is 0. The first kappa shape index (κ1) is 9.68. The predicted molar refractivity (Wildman–Crippen MR) is 53.6 cm³/mol. The van der Waals surface area contributed by atoms with Crippen molar-refractivity contribution in [2.45, 2.75) is 32.7 Å². The van der Waals surface area contributed by atoms with E-state index in [0.717, 1.165) is 13.0 Å². The van der Waals surface area contributed by atoms with Gasteiger partial charge in [0.15, 0.2) is 0 Å². The van der Waals surface area contributed by atoms with E-state index in [2.05, 4.69) is 24.1 Å². The fourth-order valence-corrected chi connectivity index (χ4v) is 1.67. The molecule has 0 unspecified atom stereocenters. The van der Waals surface area contributed by atoms with Crippen LogP contribution in [0.3, 0.4) is 0 Å². The van der Waals surface area contributed by atoms with E-state index in [0.29, 0.717) is 6.04 Å². The van der Waals surface area contributed by atoms with Crippen LogP contribution >= 0.6 is 11.3 Å². The Labute approximate surface area is 78.0 Å². The molecule has 3 heteroatoms. The molecule has 1 aromatic heterocycles. The van der Waals surface area contributed by atoms with Crippen LogP contribution in [0.2, 0.25) is 0 Å². The Bertz CT molecular complexity index is 194. The zero-order valence-corrected chi connectivity index (χ0v) is 8.53. The summed E-state index contributed by atoms with van der Waals surface area (Å²) in [7, 11) is 0. The van der Waals surface area contributed by atoms with Crippen LogP contribution in [0.5, 0.6) is 0 Å². The van der Waals surface area contributed by atoms with E-state index >= 15 is 0 Å². The summed E-state index contributed by atoms with van der Waals surface area (Å²) in [5.74, 6) is 0. The molecule has 12 heavy (non-hydrogen) atoms. The average Bonchev–Trinajstić information content (AvgIpc) is 2.49. The molecule has 1 rings (SSSR count). The molecule has 0 bridgehead atoms. The first-order chi connectivity index (χ1) is 5.79. The molecule has 0 fully saturated rings. The first-order valence-electron chi connectivity index (χ1n) is 4.41. The highest BCUT2D eigenvalue weighted by atomic mass is 32.1. The summed E-state index contributed by atoms with van der Waals surface area (Å²) in [5.41, 5.74) is 0.